The fourth-order valence-electron chi connectivity index (χ4n) is 3.47. The van der Waals surface area contributed by atoms with E-state index in [1.807, 2.05) is 31.2 Å². The lowest BCUT2D eigenvalue weighted by molar-refractivity contribution is 0.0997. The number of benzene rings is 1. The van der Waals surface area contributed by atoms with Gasteiger partial charge in [-0.25, -0.2) is 0 Å². The molecule has 2 N–H and O–H groups in total. The van der Waals surface area contributed by atoms with E-state index in [0.29, 0.717) is 10.6 Å². The summed E-state index contributed by atoms with van der Waals surface area (Å²) in [5, 5.41) is 6.47. The topological polar surface area (TPSA) is 71.3 Å². The fraction of sp³-hybridized carbons (Fsp3) is 0.273. The zero-order chi connectivity index (χ0) is 19.5. The monoisotopic (exact) mass is 394 g/mol. The molecule has 3 aromatic rings. The lowest BCUT2D eigenvalue weighted by atomic mass is 10.0. The summed E-state index contributed by atoms with van der Waals surface area (Å²) in [5.74, 6) is -0.294. The van der Waals surface area contributed by atoms with Gasteiger partial charge in [-0.05, 0) is 62.4 Å². The van der Waals surface area contributed by atoms with Crippen LogP contribution >= 0.6 is 11.3 Å². The van der Waals surface area contributed by atoms with Gasteiger partial charge in [0.25, 0.3) is 11.8 Å². The molecule has 0 radical (unpaired) electrons. The van der Waals surface area contributed by atoms with Crippen LogP contribution in [-0.4, -0.2) is 11.8 Å². The first-order valence-electron chi connectivity index (χ1n) is 9.49. The van der Waals surface area contributed by atoms with E-state index in [1.165, 1.54) is 22.5 Å². The summed E-state index contributed by atoms with van der Waals surface area (Å²) in [4.78, 5) is 26.8. The molecule has 6 heteroatoms. The summed E-state index contributed by atoms with van der Waals surface area (Å²) in [6.07, 6.45) is 6.59. The maximum absolute atomic E-state index is 13.2. The first-order chi connectivity index (χ1) is 13.6. The smallest absolute Gasteiger partial charge is 0.291 e. The summed E-state index contributed by atoms with van der Waals surface area (Å²) in [6, 6.07) is 11.0. The SMILES string of the molecule is Cc1ccc(NC(=O)c2c(NC(=O)c3ccco3)sc3c2CCCCC3)cc1. The molecule has 5 nitrogen and oxygen atoms in total. The van der Waals surface area contributed by atoms with Gasteiger partial charge in [0.1, 0.15) is 5.00 Å². The minimum Gasteiger partial charge on any atom is -0.459 e. The number of amides is 2. The lowest BCUT2D eigenvalue weighted by Gasteiger charge is -2.10. The molecule has 2 amide bonds. The fourth-order valence-corrected chi connectivity index (χ4v) is 4.76. The van der Waals surface area contributed by atoms with Gasteiger partial charge < -0.3 is 15.1 Å². The minimum atomic E-state index is -0.342. The van der Waals surface area contributed by atoms with E-state index in [-0.39, 0.29) is 17.6 Å². The molecule has 0 atom stereocenters. The second kappa shape index (κ2) is 8.02. The Morgan fingerprint density at radius 2 is 1.75 bits per heavy atom. The van der Waals surface area contributed by atoms with Crippen LogP contribution in [0.2, 0.25) is 0 Å². The molecule has 0 bridgehead atoms. The Morgan fingerprint density at radius 3 is 2.50 bits per heavy atom. The van der Waals surface area contributed by atoms with Gasteiger partial charge in [-0.2, -0.15) is 0 Å². The molecule has 0 fully saturated rings. The Labute approximate surface area is 167 Å². The summed E-state index contributed by atoms with van der Waals surface area (Å²) in [7, 11) is 0. The van der Waals surface area contributed by atoms with Crippen molar-refractivity contribution in [2.24, 2.45) is 0 Å². The molecular weight excluding hydrogens is 372 g/mol. The number of anilines is 2. The summed E-state index contributed by atoms with van der Waals surface area (Å²) < 4.78 is 5.19. The third-order valence-electron chi connectivity index (χ3n) is 4.93. The molecule has 1 aliphatic rings. The molecule has 2 heterocycles. The van der Waals surface area contributed by atoms with E-state index in [4.69, 9.17) is 4.42 Å². The van der Waals surface area contributed by atoms with Gasteiger partial charge in [0.15, 0.2) is 5.76 Å². The normalized spacial score (nSPS) is 13.5. The van der Waals surface area contributed by atoms with Gasteiger partial charge in [0, 0.05) is 10.6 Å². The summed E-state index contributed by atoms with van der Waals surface area (Å²) >= 11 is 1.51. The lowest BCUT2D eigenvalue weighted by Crippen LogP contribution is -2.18. The van der Waals surface area contributed by atoms with E-state index in [0.717, 1.165) is 48.9 Å². The predicted molar refractivity (Wildman–Crippen MR) is 111 cm³/mol. The van der Waals surface area contributed by atoms with Crippen LogP contribution in [0.1, 0.15) is 56.2 Å². The number of aryl methyl sites for hydroxylation is 2. The van der Waals surface area contributed by atoms with Crippen molar-refractivity contribution in [3.63, 3.8) is 0 Å². The molecule has 0 aliphatic heterocycles. The van der Waals surface area contributed by atoms with Crippen LogP contribution in [0.15, 0.2) is 47.1 Å². The molecule has 0 unspecified atom stereocenters. The summed E-state index contributed by atoms with van der Waals surface area (Å²) in [5.41, 5.74) is 3.53. The number of furan rings is 1. The number of fused-ring (bicyclic) bond motifs is 1. The Morgan fingerprint density at radius 1 is 0.964 bits per heavy atom. The highest BCUT2D eigenvalue weighted by Gasteiger charge is 2.26. The van der Waals surface area contributed by atoms with Crippen molar-refractivity contribution in [3.05, 3.63) is 70.0 Å². The molecule has 144 valence electrons. The molecule has 1 aromatic carbocycles. The van der Waals surface area contributed by atoms with Gasteiger partial charge in [-0.15, -0.1) is 11.3 Å². The zero-order valence-electron chi connectivity index (χ0n) is 15.7. The minimum absolute atomic E-state index is 0.182. The van der Waals surface area contributed by atoms with Crippen LogP contribution in [0.5, 0.6) is 0 Å². The van der Waals surface area contributed by atoms with Gasteiger partial charge in [0.2, 0.25) is 0 Å². The highest BCUT2D eigenvalue weighted by atomic mass is 32.1. The second-order valence-corrected chi connectivity index (χ2v) is 8.13. The quantitative estimate of drug-likeness (QED) is 0.580. The van der Waals surface area contributed by atoms with Crippen molar-refractivity contribution in [1.29, 1.82) is 0 Å². The van der Waals surface area contributed by atoms with Crippen molar-refractivity contribution < 1.29 is 14.0 Å². The average Bonchev–Trinajstić information content (AvgIpc) is 3.27. The van der Waals surface area contributed by atoms with Gasteiger partial charge in [-0.3, -0.25) is 9.59 Å². The number of carbonyl (C=O) groups is 2. The van der Waals surface area contributed by atoms with Crippen LogP contribution in [0.25, 0.3) is 0 Å². The van der Waals surface area contributed by atoms with Crippen molar-refractivity contribution >= 4 is 33.8 Å². The first-order valence-corrected chi connectivity index (χ1v) is 10.3. The average molecular weight is 394 g/mol. The maximum Gasteiger partial charge on any atom is 0.291 e. The third-order valence-corrected chi connectivity index (χ3v) is 6.14. The number of rotatable bonds is 4. The van der Waals surface area contributed by atoms with Crippen molar-refractivity contribution in [2.75, 3.05) is 10.6 Å². The van der Waals surface area contributed by atoms with Crippen LogP contribution < -0.4 is 10.6 Å². The largest absolute Gasteiger partial charge is 0.459 e. The van der Waals surface area contributed by atoms with E-state index >= 15 is 0 Å². The molecule has 2 aromatic heterocycles. The third kappa shape index (κ3) is 3.87. The molecule has 0 spiro atoms. The van der Waals surface area contributed by atoms with Crippen LogP contribution in [0, 0.1) is 6.92 Å². The number of carbonyl (C=O) groups excluding carboxylic acids is 2. The molecule has 1 aliphatic carbocycles. The Hall–Kier alpha value is -2.86. The van der Waals surface area contributed by atoms with Gasteiger partial charge in [-0.1, -0.05) is 24.1 Å². The predicted octanol–water partition coefficient (Wildman–Crippen LogP) is 5.42. The van der Waals surface area contributed by atoms with Crippen LogP contribution in [0.4, 0.5) is 10.7 Å². The zero-order valence-corrected chi connectivity index (χ0v) is 16.5. The standard InChI is InChI=1S/C22H22N2O3S/c1-14-9-11-15(12-10-14)23-21(26)19-16-6-3-2-4-8-18(16)28-22(19)24-20(25)17-7-5-13-27-17/h5,7,9-13H,2-4,6,8H2,1H3,(H,23,26)(H,24,25). The molecular formula is C22H22N2O3S. The molecule has 28 heavy (non-hydrogen) atoms. The number of hydrogen-bond acceptors (Lipinski definition) is 4. The van der Waals surface area contributed by atoms with Crippen molar-refractivity contribution in [1.82, 2.24) is 0 Å². The second-order valence-electron chi connectivity index (χ2n) is 7.02. The van der Waals surface area contributed by atoms with Crippen molar-refractivity contribution in [2.45, 2.75) is 39.0 Å². The highest BCUT2D eigenvalue weighted by molar-refractivity contribution is 7.17. The van der Waals surface area contributed by atoms with Gasteiger partial charge in [0.05, 0.1) is 11.8 Å². The van der Waals surface area contributed by atoms with E-state index < -0.39 is 0 Å². The van der Waals surface area contributed by atoms with E-state index in [1.54, 1.807) is 12.1 Å². The van der Waals surface area contributed by atoms with E-state index in [2.05, 4.69) is 10.6 Å². The first kappa shape index (κ1) is 18.5. The number of nitrogens with one attached hydrogen (secondary N) is 2. The molecule has 0 saturated carbocycles. The Balaban J connectivity index is 1.66. The summed E-state index contributed by atoms with van der Waals surface area (Å²) in [6.45, 7) is 2.01. The Bertz CT molecular complexity index is 988. The van der Waals surface area contributed by atoms with Gasteiger partial charge >= 0.3 is 0 Å². The van der Waals surface area contributed by atoms with Crippen LogP contribution in [-0.2, 0) is 12.8 Å². The highest BCUT2D eigenvalue weighted by Crippen LogP contribution is 2.38. The number of thiophene rings is 1. The molecule has 4 rings (SSSR count). The van der Waals surface area contributed by atoms with Crippen LogP contribution in [0.3, 0.4) is 0 Å². The molecule has 0 saturated heterocycles. The van der Waals surface area contributed by atoms with Crippen molar-refractivity contribution in [3.8, 4) is 0 Å². The number of hydrogen-bond donors (Lipinski definition) is 2. The maximum atomic E-state index is 13.2. The Kier molecular flexibility index (Phi) is 5.30. The van der Waals surface area contributed by atoms with E-state index in [9.17, 15) is 9.59 Å².